The Kier molecular flexibility index (Phi) is 9.45. The number of ketones is 1. The number of carbonyl (C=O) groups excluding carboxylic acids is 3. The van der Waals surface area contributed by atoms with E-state index < -0.39 is 5.82 Å². The van der Waals surface area contributed by atoms with Crippen molar-refractivity contribution < 1.29 is 28.2 Å². The van der Waals surface area contributed by atoms with Crippen LogP contribution in [0.15, 0.2) is 42.5 Å². The highest BCUT2D eigenvalue weighted by molar-refractivity contribution is 6.30. The van der Waals surface area contributed by atoms with E-state index in [9.17, 15) is 18.8 Å². The number of benzene rings is 2. The van der Waals surface area contributed by atoms with Crippen LogP contribution in [0, 0.1) is 11.7 Å². The van der Waals surface area contributed by atoms with E-state index in [-0.39, 0.29) is 41.7 Å². The average molecular weight is 490 g/mol. The van der Waals surface area contributed by atoms with Crippen molar-refractivity contribution in [3.8, 4) is 5.75 Å². The summed E-state index contributed by atoms with van der Waals surface area (Å²) >= 11 is 5.81. The van der Waals surface area contributed by atoms with Crippen LogP contribution < -0.4 is 10.1 Å². The van der Waals surface area contributed by atoms with Crippen LogP contribution in [0.4, 0.5) is 4.39 Å². The Bertz CT molecular complexity index is 1000. The molecule has 1 N–H and O–H groups in total. The number of hydrogen-bond acceptors (Lipinski definition) is 5. The van der Waals surface area contributed by atoms with Crippen molar-refractivity contribution in [3.05, 3.63) is 64.4 Å². The minimum absolute atomic E-state index is 0.00222. The van der Waals surface area contributed by atoms with Crippen LogP contribution in [0.25, 0.3) is 0 Å². The minimum Gasteiger partial charge on any atom is -0.490 e. The zero-order valence-electron chi connectivity index (χ0n) is 19.2. The summed E-state index contributed by atoms with van der Waals surface area (Å²) in [6, 6.07) is 10.8. The molecule has 1 fully saturated rings. The lowest BCUT2D eigenvalue weighted by molar-refractivity contribution is -0.149. The standard InChI is InChI=1S/C26H29ClFNO5/c1-2-33-26(32)18-7-11-20(12-8-18)34-21-13-14-22(23(28)16-21)24(30)4-3-15-29-25(31)17-5-9-19(27)10-6-17/h5-6,9-10,13-14,16,18,20H,2-4,7-8,11-12,15H2,1H3,(H,29,31). The molecule has 3 rings (SSSR count). The van der Waals surface area contributed by atoms with E-state index in [0.29, 0.717) is 61.6 Å². The Morgan fingerprint density at radius 2 is 1.76 bits per heavy atom. The Labute approximate surface area is 203 Å². The zero-order valence-corrected chi connectivity index (χ0v) is 19.9. The van der Waals surface area contributed by atoms with Gasteiger partial charge >= 0.3 is 5.97 Å². The summed E-state index contributed by atoms with van der Waals surface area (Å²) in [6.45, 7) is 2.46. The van der Waals surface area contributed by atoms with Crippen LogP contribution in [-0.2, 0) is 9.53 Å². The molecule has 0 heterocycles. The molecule has 0 aliphatic heterocycles. The van der Waals surface area contributed by atoms with Gasteiger partial charge in [0.1, 0.15) is 11.6 Å². The van der Waals surface area contributed by atoms with Gasteiger partial charge in [0.15, 0.2) is 5.78 Å². The van der Waals surface area contributed by atoms with E-state index in [1.807, 2.05) is 0 Å². The van der Waals surface area contributed by atoms with E-state index in [0.717, 1.165) is 0 Å². The molecule has 1 aliphatic carbocycles. The molecule has 0 radical (unpaired) electrons. The zero-order chi connectivity index (χ0) is 24.5. The smallest absolute Gasteiger partial charge is 0.308 e. The number of halogens is 2. The Hall–Kier alpha value is -2.93. The summed E-state index contributed by atoms with van der Waals surface area (Å²) in [6.07, 6.45) is 3.13. The molecule has 0 atom stereocenters. The number of Topliss-reactive ketones (excluding diaryl/α,β-unsaturated/α-hetero) is 1. The first-order valence-corrected chi connectivity index (χ1v) is 11.9. The molecular formula is C26H29ClFNO5. The second kappa shape index (κ2) is 12.5. The van der Waals surface area contributed by atoms with Gasteiger partial charge in [-0.1, -0.05) is 11.6 Å². The maximum atomic E-state index is 14.6. The van der Waals surface area contributed by atoms with Gasteiger partial charge in [-0.2, -0.15) is 0 Å². The lowest BCUT2D eigenvalue weighted by Gasteiger charge is -2.27. The molecule has 34 heavy (non-hydrogen) atoms. The second-order valence-electron chi connectivity index (χ2n) is 8.27. The SMILES string of the molecule is CCOC(=O)C1CCC(Oc2ccc(C(=O)CCCNC(=O)c3ccc(Cl)cc3)c(F)c2)CC1. The van der Waals surface area contributed by atoms with Gasteiger partial charge in [0.2, 0.25) is 0 Å². The summed E-state index contributed by atoms with van der Waals surface area (Å²) in [7, 11) is 0. The predicted molar refractivity (Wildman–Crippen MR) is 127 cm³/mol. The van der Waals surface area contributed by atoms with Crippen molar-refractivity contribution in [2.45, 2.75) is 51.6 Å². The summed E-state index contributed by atoms with van der Waals surface area (Å²) in [5.74, 6) is -1.13. The maximum absolute atomic E-state index is 14.6. The number of esters is 1. The van der Waals surface area contributed by atoms with E-state index in [1.54, 1.807) is 37.3 Å². The molecule has 182 valence electrons. The summed E-state index contributed by atoms with van der Waals surface area (Å²) < 4.78 is 25.5. The van der Waals surface area contributed by atoms with Gasteiger partial charge < -0.3 is 14.8 Å². The van der Waals surface area contributed by atoms with Crippen LogP contribution in [0.2, 0.25) is 5.02 Å². The van der Waals surface area contributed by atoms with E-state index in [4.69, 9.17) is 21.1 Å². The van der Waals surface area contributed by atoms with Crippen molar-refractivity contribution in [3.63, 3.8) is 0 Å². The van der Waals surface area contributed by atoms with Crippen molar-refractivity contribution in [2.75, 3.05) is 13.2 Å². The lowest BCUT2D eigenvalue weighted by atomic mass is 9.87. The molecular weight excluding hydrogens is 461 g/mol. The third kappa shape index (κ3) is 7.29. The molecule has 0 saturated heterocycles. The summed E-state index contributed by atoms with van der Waals surface area (Å²) in [5, 5.41) is 3.28. The Morgan fingerprint density at radius 1 is 1.06 bits per heavy atom. The van der Waals surface area contributed by atoms with Crippen LogP contribution in [0.1, 0.15) is 66.2 Å². The van der Waals surface area contributed by atoms with Gasteiger partial charge in [0, 0.05) is 29.6 Å². The quantitative estimate of drug-likeness (QED) is 0.275. The maximum Gasteiger partial charge on any atom is 0.308 e. The van der Waals surface area contributed by atoms with Crippen LogP contribution in [0.5, 0.6) is 5.75 Å². The van der Waals surface area contributed by atoms with Gasteiger partial charge in [-0.3, -0.25) is 14.4 Å². The number of ether oxygens (including phenoxy) is 2. The first-order valence-electron chi connectivity index (χ1n) is 11.6. The second-order valence-corrected chi connectivity index (χ2v) is 8.71. The monoisotopic (exact) mass is 489 g/mol. The Morgan fingerprint density at radius 3 is 2.41 bits per heavy atom. The highest BCUT2D eigenvalue weighted by Crippen LogP contribution is 2.29. The summed E-state index contributed by atoms with van der Waals surface area (Å²) in [4.78, 5) is 36.3. The molecule has 1 saturated carbocycles. The first kappa shape index (κ1) is 25.7. The number of nitrogens with one attached hydrogen (secondary N) is 1. The number of hydrogen-bond donors (Lipinski definition) is 1. The lowest BCUT2D eigenvalue weighted by Crippen LogP contribution is -2.29. The molecule has 1 amide bonds. The number of rotatable bonds is 10. The predicted octanol–water partition coefficient (Wildman–Crippen LogP) is 5.37. The molecule has 1 aliphatic rings. The molecule has 0 aromatic heterocycles. The van der Waals surface area contributed by atoms with Crippen LogP contribution in [0.3, 0.4) is 0 Å². The average Bonchev–Trinajstić information content (AvgIpc) is 2.82. The molecule has 8 heteroatoms. The van der Waals surface area contributed by atoms with Crippen LogP contribution in [-0.4, -0.2) is 36.9 Å². The third-order valence-corrected chi connectivity index (χ3v) is 6.06. The highest BCUT2D eigenvalue weighted by atomic mass is 35.5. The largest absolute Gasteiger partial charge is 0.490 e. The number of carbonyl (C=O) groups is 3. The minimum atomic E-state index is -0.632. The van der Waals surface area contributed by atoms with E-state index in [2.05, 4.69) is 5.32 Å². The van der Waals surface area contributed by atoms with Crippen molar-refractivity contribution in [2.24, 2.45) is 5.92 Å². The van der Waals surface area contributed by atoms with Crippen molar-refractivity contribution in [1.82, 2.24) is 5.32 Å². The highest BCUT2D eigenvalue weighted by Gasteiger charge is 2.28. The molecule has 2 aromatic rings. The van der Waals surface area contributed by atoms with Crippen LogP contribution >= 0.6 is 11.6 Å². The topological polar surface area (TPSA) is 81.7 Å². The molecule has 6 nitrogen and oxygen atoms in total. The van der Waals surface area contributed by atoms with Gasteiger partial charge in [-0.25, -0.2) is 4.39 Å². The molecule has 0 spiro atoms. The van der Waals surface area contributed by atoms with Gasteiger partial charge in [-0.15, -0.1) is 0 Å². The fraction of sp³-hybridized carbons (Fsp3) is 0.423. The van der Waals surface area contributed by atoms with E-state index in [1.165, 1.54) is 12.1 Å². The van der Waals surface area contributed by atoms with Gasteiger partial charge in [0.25, 0.3) is 5.91 Å². The van der Waals surface area contributed by atoms with Crippen molar-refractivity contribution in [1.29, 1.82) is 0 Å². The molecule has 0 unspecified atom stereocenters. The fourth-order valence-electron chi connectivity index (χ4n) is 3.95. The summed E-state index contributed by atoms with van der Waals surface area (Å²) in [5.41, 5.74) is 0.481. The number of amides is 1. The molecule has 2 aromatic carbocycles. The Balaban J connectivity index is 1.42. The first-order chi connectivity index (χ1) is 16.4. The van der Waals surface area contributed by atoms with Gasteiger partial charge in [-0.05, 0) is 75.4 Å². The fourth-order valence-corrected chi connectivity index (χ4v) is 4.08. The van der Waals surface area contributed by atoms with Gasteiger partial charge in [0.05, 0.1) is 24.2 Å². The van der Waals surface area contributed by atoms with Crippen molar-refractivity contribution >= 4 is 29.3 Å². The molecule has 0 bridgehead atoms. The normalized spacial score (nSPS) is 17.6. The third-order valence-electron chi connectivity index (χ3n) is 5.81. The van der Waals surface area contributed by atoms with E-state index >= 15 is 0 Å².